The summed E-state index contributed by atoms with van der Waals surface area (Å²) in [6, 6.07) is 14.8. The fourth-order valence-electron chi connectivity index (χ4n) is 4.56. The summed E-state index contributed by atoms with van der Waals surface area (Å²) in [6.07, 6.45) is 1.67. The van der Waals surface area contributed by atoms with Crippen molar-refractivity contribution >= 4 is 23.3 Å². The molecule has 2 aromatic rings. The van der Waals surface area contributed by atoms with Crippen molar-refractivity contribution in [1.82, 2.24) is 10.3 Å². The molecule has 1 aromatic heterocycles. The second-order valence-electron chi connectivity index (χ2n) is 8.27. The van der Waals surface area contributed by atoms with Gasteiger partial charge in [0.15, 0.2) is 0 Å². The number of carbonyl (C=O) groups excluding carboxylic acids is 2. The summed E-state index contributed by atoms with van der Waals surface area (Å²) in [6.45, 7) is 3.77. The Morgan fingerprint density at radius 2 is 1.85 bits per heavy atom. The van der Waals surface area contributed by atoms with Crippen molar-refractivity contribution in [3.63, 3.8) is 0 Å². The summed E-state index contributed by atoms with van der Waals surface area (Å²) in [5, 5.41) is 5.89. The van der Waals surface area contributed by atoms with E-state index >= 15 is 0 Å². The SMILES string of the molecule is COC(=O)C1=C(C)NC(C)(c2ccccc2)C(C(=O)OC)C1c1nccs1.Fc1ccc2cc1-2. The number of rotatable bonds is 4. The summed E-state index contributed by atoms with van der Waals surface area (Å²) in [4.78, 5) is 30.0. The van der Waals surface area contributed by atoms with Gasteiger partial charge < -0.3 is 14.8 Å². The molecule has 5 rings (SSSR count). The van der Waals surface area contributed by atoms with Gasteiger partial charge in [-0.2, -0.15) is 0 Å². The predicted octanol–water partition coefficient (Wildman–Crippen LogP) is 4.79. The summed E-state index contributed by atoms with van der Waals surface area (Å²) in [5.74, 6) is -2.24. The largest absolute Gasteiger partial charge is 0.469 e. The number of thiazole rings is 1. The summed E-state index contributed by atoms with van der Waals surface area (Å²) in [5.41, 5.74) is 3.07. The third kappa shape index (κ3) is 4.21. The molecule has 1 N–H and O–H groups in total. The maximum atomic E-state index is 13.0. The lowest BCUT2D eigenvalue weighted by Crippen LogP contribution is -2.55. The van der Waals surface area contributed by atoms with Crippen LogP contribution in [0.4, 0.5) is 4.39 Å². The van der Waals surface area contributed by atoms with Gasteiger partial charge in [-0.05, 0) is 37.1 Å². The van der Waals surface area contributed by atoms with Gasteiger partial charge in [0.1, 0.15) is 10.8 Å². The Morgan fingerprint density at radius 1 is 1.12 bits per heavy atom. The molecule has 6 nitrogen and oxygen atoms in total. The highest BCUT2D eigenvalue weighted by Gasteiger charge is 2.53. The van der Waals surface area contributed by atoms with E-state index in [2.05, 4.69) is 10.3 Å². The van der Waals surface area contributed by atoms with Crippen LogP contribution in [0.25, 0.3) is 11.1 Å². The van der Waals surface area contributed by atoms with Crippen LogP contribution in [0.3, 0.4) is 0 Å². The fourth-order valence-corrected chi connectivity index (χ4v) is 5.35. The Labute approximate surface area is 201 Å². The van der Waals surface area contributed by atoms with Gasteiger partial charge in [-0.1, -0.05) is 36.4 Å². The molecule has 2 aliphatic carbocycles. The second kappa shape index (κ2) is 9.38. The van der Waals surface area contributed by atoms with Crippen LogP contribution in [0.5, 0.6) is 0 Å². The van der Waals surface area contributed by atoms with E-state index in [0.717, 1.165) is 16.7 Å². The Morgan fingerprint density at radius 3 is 2.32 bits per heavy atom. The number of fused-ring (bicyclic) bond motifs is 1. The molecule has 0 fully saturated rings. The molecule has 0 saturated heterocycles. The molecule has 8 heteroatoms. The normalized spacial score (nSPS) is 22.1. The van der Waals surface area contributed by atoms with Crippen molar-refractivity contribution in [1.29, 1.82) is 0 Å². The molecule has 2 heterocycles. The molecule has 0 saturated carbocycles. The number of nitrogens with one attached hydrogen (secondary N) is 1. The summed E-state index contributed by atoms with van der Waals surface area (Å²) in [7, 11) is 2.69. The standard InChI is InChI=1S/C20H22N2O4S.C6H3F/c1-12-14(18(23)25-3)15(17-21-10-11-27-17)16(19(24)26-4)20(2,22-12)13-8-6-5-7-9-13;7-6-2-1-4-3-5(4)6/h5-11,15-16,22H,1-4H3;1-3H. The lowest BCUT2D eigenvalue weighted by molar-refractivity contribution is -0.150. The van der Waals surface area contributed by atoms with Crippen molar-refractivity contribution in [2.24, 2.45) is 5.92 Å². The van der Waals surface area contributed by atoms with Gasteiger partial charge in [0.2, 0.25) is 0 Å². The Balaban J connectivity index is 0.000000328. The highest BCUT2D eigenvalue weighted by molar-refractivity contribution is 7.09. The lowest BCUT2D eigenvalue weighted by atomic mass is 9.67. The first-order chi connectivity index (χ1) is 16.3. The third-order valence-electron chi connectivity index (χ3n) is 6.26. The summed E-state index contributed by atoms with van der Waals surface area (Å²) < 4.78 is 22.3. The molecule has 1 aromatic carbocycles. The van der Waals surface area contributed by atoms with Gasteiger partial charge in [0, 0.05) is 22.8 Å². The van der Waals surface area contributed by atoms with Crippen LogP contribution in [-0.2, 0) is 24.6 Å². The monoisotopic (exact) mass is 480 g/mol. The molecule has 0 radical (unpaired) electrons. The van der Waals surface area contributed by atoms with E-state index in [1.54, 1.807) is 12.3 Å². The quantitative estimate of drug-likeness (QED) is 0.424. The molecule has 3 aliphatic rings. The van der Waals surface area contributed by atoms with Crippen molar-refractivity contribution in [3.05, 3.63) is 87.8 Å². The van der Waals surface area contributed by atoms with Crippen molar-refractivity contribution < 1.29 is 23.5 Å². The average Bonchev–Trinajstić information content (AvgIpc) is 3.24. The maximum Gasteiger partial charge on any atom is 0.336 e. The summed E-state index contributed by atoms with van der Waals surface area (Å²) >= 11 is 1.40. The zero-order chi connectivity index (χ0) is 24.5. The smallest absolute Gasteiger partial charge is 0.336 e. The molecule has 0 amide bonds. The van der Waals surface area contributed by atoms with Crippen LogP contribution >= 0.6 is 11.3 Å². The molecule has 34 heavy (non-hydrogen) atoms. The number of benzene rings is 2. The van der Waals surface area contributed by atoms with Gasteiger partial charge >= 0.3 is 11.9 Å². The first-order valence-corrected chi connectivity index (χ1v) is 11.6. The number of halogens is 1. The highest BCUT2D eigenvalue weighted by Crippen LogP contribution is 2.48. The Hall–Kier alpha value is -3.52. The molecule has 0 bridgehead atoms. The van der Waals surface area contributed by atoms with E-state index in [4.69, 9.17) is 9.47 Å². The van der Waals surface area contributed by atoms with Crippen LogP contribution in [0.1, 0.15) is 30.3 Å². The number of hydrogen-bond acceptors (Lipinski definition) is 7. The number of esters is 2. The zero-order valence-corrected chi connectivity index (χ0v) is 20.1. The topological polar surface area (TPSA) is 77.5 Å². The van der Waals surface area contributed by atoms with Crippen LogP contribution in [0.15, 0.2) is 71.4 Å². The van der Waals surface area contributed by atoms with Crippen LogP contribution < -0.4 is 5.32 Å². The van der Waals surface area contributed by atoms with Gasteiger partial charge in [0.25, 0.3) is 0 Å². The van der Waals surface area contributed by atoms with E-state index in [9.17, 15) is 14.0 Å². The number of ether oxygens (including phenoxy) is 2. The van der Waals surface area contributed by atoms with E-state index in [1.807, 2.05) is 55.6 Å². The van der Waals surface area contributed by atoms with E-state index in [-0.39, 0.29) is 5.82 Å². The zero-order valence-electron chi connectivity index (χ0n) is 19.3. The van der Waals surface area contributed by atoms with Crippen molar-refractivity contribution in [3.8, 4) is 11.1 Å². The minimum Gasteiger partial charge on any atom is -0.469 e. The van der Waals surface area contributed by atoms with Crippen molar-refractivity contribution in [2.45, 2.75) is 25.3 Å². The molecule has 3 atom stereocenters. The van der Waals surface area contributed by atoms with Crippen LogP contribution in [-0.4, -0.2) is 31.1 Å². The Bertz CT molecular complexity index is 1240. The first-order valence-electron chi connectivity index (χ1n) is 10.7. The van der Waals surface area contributed by atoms with E-state index < -0.39 is 29.3 Å². The number of hydrogen-bond donors (Lipinski definition) is 1. The number of aromatic nitrogens is 1. The van der Waals surface area contributed by atoms with Crippen molar-refractivity contribution in [2.75, 3.05) is 14.2 Å². The number of carbonyl (C=O) groups is 2. The van der Waals surface area contributed by atoms with Crippen LogP contribution in [0.2, 0.25) is 0 Å². The molecule has 1 aliphatic heterocycles. The molecule has 0 spiro atoms. The number of nitrogens with zero attached hydrogens (tertiary/aromatic N) is 1. The predicted molar refractivity (Wildman–Crippen MR) is 127 cm³/mol. The first kappa shape index (κ1) is 23.6. The molecular weight excluding hydrogens is 455 g/mol. The van der Waals surface area contributed by atoms with E-state index in [1.165, 1.54) is 31.6 Å². The van der Waals surface area contributed by atoms with Gasteiger partial charge in [-0.15, -0.1) is 11.3 Å². The second-order valence-corrected chi connectivity index (χ2v) is 9.19. The fraction of sp³-hybridized carbons (Fsp3) is 0.269. The van der Waals surface area contributed by atoms with Gasteiger partial charge in [-0.25, -0.2) is 14.2 Å². The Kier molecular flexibility index (Phi) is 6.52. The molecule has 3 unspecified atom stereocenters. The minimum atomic E-state index is -0.785. The highest BCUT2D eigenvalue weighted by atomic mass is 32.1. The lowest BCUT2D eigenvalue weighted by Gasteiger charge is -2.46. The van der Waals surface area contributed by atoms with Crippen LogP contribution in [0, 0.1) is 11.7 Å². The molecular formula is C26H25FN2O4S. The average molecular weight is 481 g/mol. The van der Waals surface area contributed by atoms with Gasteiger partial charge in [-0.3, -0.25) is 4.79 Å². The number of methoxy groups -OCH3 is 2. The minimum absolute atomic E-state index is 0.0741. The van der Waals surface area contributed by atoms with Gasteiger partial charge in [0.05, 0.1) is 37.2 Å². The van der Waals surface area contributed by atoms with E-state index in [0.29, 0.717) is 16.3 Å². The maximum absolute atomic E-state index is 13.0. The number of allylic oxidation sites excluding steroid dienone is 1. The molecule has 176 valence electrons. The third-order valence-corrected chi connectivity index (χ3v) is 7.12.